The smallest absolute Gasteiger partial charge is 0.0467 e. The molecule has 2 heteroatoms. The Morgan fingerprint density at radius 3 is 2.68 bits per heavy atom. The average molecular weight is 267 g/mol. The molecule has 0 amide bonds. The van der Waals surface area contributed by atoms with Crippen molar-refractivity contribution in [3.8, 4) is 0 Å². The second-order valence-electron chi connectivity index (χ2n) is 4.90. The Morgan fingerprint density at radius 1 is 1.00 bits per heavy atom. The lowest BCUT2D eigenvalue weighted by Gasteiger charge is -2.03. The minimum atomic E-state index is 1.02. The first-order chi connectivity index (χ1) is 9.24. The zero-order chi connectivity index (χ0) is 13.2. The molecule has 0 bridgehead atoms. The summed E-state index contributed by atoms with van der Waals surface area (Å²) in [4.78, 5) is 4.83. The van der Waals surface area contributed by atoms with Gasteiger partial charge in [0.25, 0.3) is 0 Å². The van der Waals surface area contributed by atoms with Gasteiger partial charge in [-0.2, -0.15) is 0 Å². The molecule has 1 nitrogen and oxygen atoms in total. The third-order valence-corrected chi connectivity index (χ3v) is 4.59. The second-order valence-corrected chi connectivity index (χ2v) is 5.89. The lowest BCUT2D eigenvalue weighted by atomic mass is 10.2. The first-order valence-corrected chi connectivity index (χ1v) is 7.48. The van der Waals surface area contributed by atoms with E-state index in [0.717, 1.165) is 5.75 Å². The molecule has 1 heterocycles. The summed E-state index contributed by atoms with van der Waals surface area (Å²) >= 11 is 1.91. The van der Waals surface area contributed by atoms with Crippen LogP contribution in [0.4, 0.5) is 0 Å². The fourth-order valence-electron chi connectivity index (χ4n) is 2.39. The van der Waals surface area contributed by atoms with Gasteiger partial charge in [0.2, 0.25) is 0 Å². The van der Waals surface area contributed by atoms with E-state index < -0.39 is 0 Å². The standard InChI is InChI=1S/C17H17NS/c1-12-6-5-7-14(10-12)11-19-17-13(2)18-16-9-4-3-8-15(16)17/h3-10,18H,11H2,1-2H3. The first-order valence-electron chi connectivity index (χ1n) is 6.50. The molecule has 3 aromatic rings. The molecule has 0 saturated heterocycles. The summed E-state index contributed by atoms with van der Waals surface area (Å²) in [5.74, 6) is 1.02. The van der Waals surface area contributed by atoms with E-state index in [1.54, 1.807) is 0 Å². The van der Waals surface area contributed by atoms with Gasteiger partial charge in [0, 0.05) is 27.2 Å². The number of hydrogen-bond acceptors (Lipinski definition) is 1. The van der Waals surface area contributed by atoms with E-state index in [1.807, 2.05) is 11.8 Å². The van der Waals surface area contributed by atoms with Crippen LogP contribution in [-0.2, 0) is 5.75 Å². The van der Waals surface area contributed by atoms with Gasteiger partial charge in [0.15, 0.2) is 0 Å². The molecule has 0 aliphatic rings. The molecular weight excluding hydrogens is 250 g/mol. The van der Waals surface area contributed by atoms with E-state index in [0.29, 0.717) is 0 Å². The maximum Gasteiger partial charge on any atom is 0.0467 e. The number of aromatic amines is 1. The number of hydrogen-bond donors (Lipinski definition) is 1. The van der Waals surface area contributed by atoms with Crippen LogP contribution < -0.4 is 0 Å². The lowest BCUT2D eigenvalue weighted by Crippen LogP contribution is -1.82. The predicted octanol–water partition coefficient (Wildman–Crippen LogP) is 5.08. The second kappa shape index (κ2) is 5.14. The van der Waals surface area contributed by atoms with Gasteiger partial charge in [0.05, 0.1) is 0 Å². The van der Waals surface area contributed by atoms with Crippen LogP contribution in [0.2, 0.25) is 0 Å². The quantitative estimate of drug-likeness (QED) is 0.654. The number of rotatable bonds is 3. The molecule has 0 aliphatic carbocycles. The lowest BCUT2D eigenvalue weighted by molar-refractivity contribution is 1.22. The topological polar surface area (TPSA) is 15.8 Å². The van der Waals surface area contributed by atoms with Gasteiger partial charge in [-0.05, 0) is 25.5 Å². The number of H-pyrrole nitrogens is 1. The highest BCUT2D eigenvalue weighted by Crippen LogP contribution is 2.33. The number of para-hydroxylation sites is 1. The van der Waals surface area contributed by atoms with E-state index in [1.165, 1.54) is 32.6 Å². The Labute approximate surface area is 118 Å². The summed E-state index contributed by atoms with van der Waals surface area (Å²) in [5.41, 5.74) is 5.20. The zero-order valence-electron chi connectivity index (χ0n) is 11.2. The molecule has 2 aromatic carbocycles. The third-order valence-electron chi connectivity index (χ3n) is 3.30. The first kappa shape index (κ1) is 12.4. The van der Waals surface area contributed by atoms with E-state index in [4.69, 9.17) is 0 Å². The fraction of sp³-hybridized carbons (Fsp3) is 0.176. The Kier molecular flexibility index (Phi) is 3.34. The summed E-state index contributed by atoms with van der Waals surface area (Å²) < 4.78 is 0. The van der Waals surface area contributed by atoms with E-state index in [9.17, 15) is 0 Å². The van der Waals surface area contributed by atoms with Gasteiger partial charge >= 0.3 is 0 Å². The number of aryl methyl sites for hydroxylation is 2. The molecule has 96 valence electrons. The van der Waals surface area contributed by atoms with Crippen LogP contribution in [0.25, 0.3) is 10.9 Å². The molecule has 0 atom stereocenters. The minimum Gasteiger partial charge on any atom is -0.358 e. The number of aromatic nitrogens is 1. The van der Waals surface area contributed by atoms with Crippen molar-refractivity contribution in [1.29, 1.82) is 0 Å². The molecule has 19 heavy (non-hydrogen) atoms. The van der Waals surface area contributed by atoms with Crippen LogP contribution in [0.5, 0.6) is 0 Å². The van der Waals surface area contributed by atoms with Crippen molar-refractivity contribution in [3.05, 3.63) is 65.4 Å². The largest absolute Gasteiger partial charge is 0.358 e. The maximum absolute atomic E-state index is 3.45. The van der Waals surface area contributed by atoms with Crippen LogP contribution in [0, 0.1) is 13.8 Å². The summed E-state index contributed by atoms with van der Waals surface area (Å²) in [6.07, 6.45) is 0. The molecule has 0 unspecified atom stereocenters. The van der Waals surface area contributed by atoms with Gasteiger partial charge in [-0.15, -0.1) is 11.8 Å². The van der Waals surface area contributed by atoms with Crippen molar-refractivity contribution < 1.29 is 0 Å². The van der Waals surface area contributed by atoms with Crippen LogP contribution in [-0.4, -0.2) is 4.98 Å². The van der Waals surface area contributed by atoms with Gasteiger partial charge in [0.1, 0.15) is 0 Å². The number of nitrogens with one attached hydrogen (secondary N) is 1. The molecule has 0 fully saturated rings. The predicted molar refractivity (Wildman–Crippen MR) is 83.8 cm³/mol. The normalized spacial score (nSPS) is 11.1. The van der Waals surface area contributed by atoms with Crippen molar-refractivity contribution in [3.63, 3.8) is 0 Å². The van der Waals surface area contributed by atoms with Crippen LogP contribution in [0.15, 0.2) is 53.4 Å². The van der Waals surface area contributed by atoms with Crippen molar-refractivity contribution in [1.82, 2.24) is 4.98 Å². The molecule has 3 rings (SSSR count). The maximum atomic E-state index is 3.45. The average Bonchev–Trinajstić information content (AvgIpc) is 2.72. The molecule has 0 radical (unpaired) electrons. The summed E-state index contributed by atoms with van der Waals surface area (Å²) in [5, 5.41) is 1.33. The summed E-state index contributed by atoms with van der Waals surface area (Å²) in [7, 11) is 0. The molecular formula is C17H17NS. The van der Waals surface area contributed by atoms with Crippen LogP contribution >= 0.6 is 11.8 Å². The highest BCUT2D eigenvalue weighted by atomic mass is 32.2. The molecule has 0 spiro atoms. The van der Waals surface area contributed by atoms with Crippen molar-refractivity contribution in [2.24, 2.45) is 0 Å². The number of fused-ring (bicyclic) bond motifs is 1. The van der Waals surface area contributed by atoms with Crippen molar-refractivity contribution in [2.75, 3.05) is 0 Å². The zero-order valence-corrected chi connectivity index (χ0v) is 12.1. The molecule has 0 saturated carbocycles. The highest BCUT2D eigenvalue weighted by molar-refractivity contribution is 7.98. The van der Waals surface area contributed by atoms with Gasteiger partial charge < -0.3 is 4.98 Å². The highest BCUT2D eigenvalue weighted by Gasteiger charge is 2.08. The van der Waals surface area contributed by atoms with Crippen LogP contribution in [0.1, 0.15) is 16.8 Å². The fourth-order valence-corrected chi connectivity index (χ4v) is 3.49. The monoisotopic (exact) mass is 267 g/mol. The van der Waals surface area contributed by atoms with Crippen molar-refractivity contribution >= 4 is 22.7 Å². The summed E-state index contributed by atoms with van der Waals surface area (Å²) in [6, 6.07) is 17.2. The summed E-state index contributed by atoms with van der Waals surface area (Å²) in [6.45, 7) is 4.30. The van der Waals surface area contributed by atoms with Gasteiger partial charge in [-0.1, -0.05) is 48.0 Å². The Bertz CT molecular complexity index is 712. The number of benzene rings is 2. The minimum absolute atomic E-state index is 1.02. The van der Waals surface area contributed by atoms with Gasteiger partial charge in [-0.25, -0.2) is 0 Å². The molecule has 0 aliphatic heterocycles. The van der Waals surface area contributed by atoms with E-state index in [-0.39, 0.29) is 0 Å². The Morgan fingerprint density at radius 2 is 1.84 bits per heavy atom. The van der Waals surface area contributed by atoms with Crippen LogP contribution in [0.3, 0.4) is 0 Å². The van der Waals surface area contributed by atoms with E-state index in [2.05, 4.69) is 67.4 Å². The molecule has 1 N–H and O–H groups in total. The Balaban J connectivity index is 1.87. The van der Waals surface area contributed by atoms with Gasteiger partial charge in [-0.3, -0.25) is 0 Å². The van der Waals surface area contributed by atoms with E-state index >= 15 is 0 Å². The third kappa shape index (κ3) is 2.54. The SMILES string of the molecule is Cc1cccc(CSc2c(C)[nH]c3ccccc23)c1. The molecule has 1 aromatic heterocycles. The Hall–Kier alpha value is -1.67. The number of thioether (sulfide) groups is 1. The van der Waals surface area contributed by atoms with Crippen molar-refractivity contribution in [2.45, 2.75) is 24.5 Å².